The molecule has 76 valence electrons. The number of hydrogen-bond acceptors (Lipinski definition) is 3. The van der Waals surface area contributed by atoms with Gasteiger partial charge in [-0.25, -0.2) is 0 Å². The van der Waals surface area contributed by atoms with E-state index in [9.17, 15) is 9.90 Å². The minimum atomic E-state index is -0.360. The Balaban J connectivity index is 2.50. The molecule has 0 aliphatic carbocycles. The van der Waals surface area contributed by atoms with E-state index in [2.05, 4.69) is 12.6 Å². The van der Waals surface area contributed by atoms with Gasteiger partial charge >= 0.3 is 0 Å². The van der Waals surface area contributed by atoms with E-state index in [-0.39, 0.29) is 23.2 Å². The van der Waals surface area contributed by atoms with Gasteiger partial charge in [-0.05, 0) is 6.42 Å². The number of carbonyl (C=O) groups excluding carboxylic acids is 1. The highest BCUT2D eigenvalue weighted by molar-refractivity contribution is 7.81. The zero-order chi connectivity index (χ0) is 10.0. The molecule has 1 aliphatic rings. The summed E-state index contributed by atoms with van der Waals surface area (Å²) in [6.45, 7) is 5.02. The first-order chi connectivity index (χ1) is 6.06. The van der Waals surface area contributed by atoms with E-state index in [1.807, 2.05) is 13.8 Å². The second-order valence-corrected chi connectivity index (χ2v) is 4.34. The molecule has 3 atom stereocenters. The Morgan fingerprint density at radius 2 is 2.31 bits per heavy atom. The Labute approximate surface area is 84.5 Å². The molecule has 0 aromatic carbocycles. The van der Waals surface area contributed by atoms with E-state index in [0.29, 0.717) is 13.1 Å². The fourth-order valence-electron chi connectivity index (χ4n) is 1.51. The molecule has 1 rings (SSSR count). The highest BCUT2D eigenvalue weighted by Gasteiger charge is 2.32. The van der Waals surface area contributed by atoms with Crippen LogP contribution in [0.25, 0.3) is 0 Å². The van der Waals surface area contributed by atoms with Crippen LogP contribution in [0.5, 0.6) is 0 Å². The predicted octanol–water partition coefficient (Wildman–Crippen LogP) is 0.534. The van der Waals surface area contributed by atoms with Crippen LogP contribution in [-0.2, 0) is 4.79 Å². The summed E-state index contributed by atoms with van der Waals surface area (Å²) < 4.78 is 0. The van der Waals surface area contributed by atoms with Crippen LogP contribution in [-0.4, -0.2) is 40.4 Å². The first-order valence-electron chi connectivity index (χ1n) is 4.71. The highest BCUT2D eigenvalue weighted by atomic mass is 32.1. The number of aliphatic hydroxyl groups excluding tert-OH is 1. The van der Waals surface area contributed by atoms with Crippen LogP contribution < -0.4 is 0 Å². The molecule has 3 unspecified atom stereocenters. The average molecular weight is 203 g/mol. The molecule has 1 amide bonds. The molecular weight excluding hydrogens is 186 g/mol. The van der Waals surface area contributed by atoms with Crippen molar-refractivity contribution >= 4 is 18.5 Å². The Hall–Kier alpha value is -0.220. The number of nitrogens with zero attached hydrogens (tertiary/aromatic N) is 1. The quantitative estimate of drug-likeness (QED) is 0.643. The van der Waals surface area contributed by atoms with E-state index >= 15 is 0 Å². The fourth-order valence-corrected chi connectivity index (χ4v) is 1.68. The number of rotatable bonds is 2. The van der Waals surface area contributed by atoms with Crippen LogP contribution >= 0.6 is 12.6 Å². The highest BCUT2D eigenvalue weighted by Crippen LogP contribution is 2.18. The van der Waals surface area contributed by atoms with Crippen molar-refractivity contribution in [1.82, 2.24) is 4.90 Å². The third kappa shape index (κ3) is 2.38. The lowest BCUT2D eigenvalue weighted by Gasteiger charge is -2.18. The molecule has 0 radical (unpaired) electrons. The predicted molar refractivity (Wildman–Crippen MR) is 54.8 cm³/mol. The molecule has 1 heterocycles. The summed E-state index contributed by atoms with van der Waals surface area (Å²) in [6.07, 6.45) is 0.379. The monoisotopic (exact) mass is 203 g/mol. The summed E-state index contributed by atoms with van der Waals surface area (Å²) in [5.74, 6) is 0.246. The average Bonchev–Trinajstić information content (AvgIpc) is 2.44. The van der Waals surface area contributed by atoms with Crippen molar-refractivity contribution in [3.05, 3.63) is 0 Å². The number of likely N-dealkylation sites (tertiary alicyclic amines) is 1. The lowest BCUT2D eigenvalue weighted by atomic mass is 10.1. The minimum absolute atomic E-state index is 0.0502. The number of thiol groups is 1. The van der Waals surface area contributed by atoms with Gasteiger partial charge in [0.05, 0.1) is 11.4 Å². The van der Waals surface area contributed by atoms with Crippen LogP contribution in [0.15, 0.2) is 0 Å². The molecule has 1 aliphatic heterocycles. The summed E-state index contributed by atoms with van der Waals surface area (Å²) in [5.41, 5.74) is 0. The van der Waals surface area contributed by atoms with E-state index in [1.54, 1.807) is 4.90 Å². The smallest absolute Gasteiger partial charge is 0.235 e. The van der Waals surface area contributed by atoms with Gasteiger partial charge in [0, 0.05) is 19.0 Å². The maximum Gasteiger partial charge on any atom is 0.235 e. The molecule has 1 fully saturated rings. The number of hydrogen-bond donors (Lipinski definition) is 2. The fraction of sp³-hybridized carbons (Fsp3) is 0.889. The third-order valence-electron chi connectivity index (χ3n) is 2.56. The Morgan fingerprint density at radius 1 is 1.69 bits per heavy atom. The second-order valence-electron chi connectivity index (χ2n) is 3.71. The zero-order valence-corrected chi connectivity index (χ0v) is 9.00. The molecule has 1 saturated heterocycles. The molecule has 0 bridgehead atoms. The minimum Gasteiger partial charge on any atom is -0.391 e. The zero-order valence-electron chi connectivity index (χ0n) is 8.10. The van der Waals surface area contributed by atoms with E-state index in [0.717, 1.165) is 6.42 Å². The molecule has 0 aromatic rings. The van der Waals surface area contributed by atoms with E-state index in [1.165, 1.54) is 0 Å². The van der Waals surface area contributed by atoms with Gasteiger partial charge in [-0.15, -0.1) is 0 Å². The Kier molecular flexibility index (Phi) is 3.62. The lowest BCUT2D eigenvalue weighted by Crippen LogP contribution is -2.35. The molecule has 4 heteroatoms. The summed E-state index contributed by atoms with van der Waals surface area (Å²) >= 11 is 4.19. The summed E-state index contributed by atoms with van der Waals surface area (Å²) in [7, 11) is 0. The van der Waals surface area contributed by atoms with Crippen LogP contribution in [0, 0.1) is 5.92 Å². The van der Waals surface area contributed by atoms with Gasteiger partial charge in [0.15, 0.2) is 0 Å². The molecule has 0 saturated carbocycles. The van der Waals surface area contributed by atoms with Gasteiger partial charge in [0.2, 0.25) is 5.91 Å². The number of amides is 1. The van der Waals surface area contributed by atoms with Gasteiger partial charge in [-0.1, -0.05) is 13.8 Å². The maximum absolute atomic E-state index is 11.6. The molecule has 13 heavy (non-hydrogen) atoms. The Morgan fingerprint density at radius 3 is 2.69 bits per heavy atom. The van der Waals surface area contributed by atoms with Crippen LogP contribution in [0.3, 0.4) is 0 Å². The standard InChI is InChI=1S/C9H17NO2S/c1-3-8(13)9(12)10-4-6(2)7(11)5-10/h6-8,11,13H,3-5H2,1-2H3. The number of carbonyl (C=O) groups is 1. The maximum atomic E-state index is 11.6. The normalized spacial score (nSPS) is 30.6. The molecule has 0 spiro atoms. The van der Waals surface area contributed by atoms with Crippen molar-refractivity contribution in [2.75, 3.05) is 13.1 Å². The van der Waals surface area contributed by atoms with Crippen LogP contribution in [0.1, 0.15) is 20.3 Å². The van der Waals surface area contributed by atoms with E-state index in [4.69, 9.17) is 0 Å². The van der Waals surface area contributed by atoms with Crippen molar-refractivity contribution < 1.29 is 9.90 Å². The van der Waals surface area contributed by atoms with Gasteiger partial charge in [0.25, 0.3) is 0 Å². The van der Waals surface area contributed by atoms with Gasteiger partial charge in [0.1, 0.15) is 0 Å². The first-order valence-corrected chi connectivity index (χ1v) is 5.22. The van der Waals surface area contributed by atoms with Gasteiger partial charge in [-0.3, -0.25) is 4.79 Å². The largest absolute Gasteiger partial charge is 0.391 e. The Bertz CT molecular complexity index is 188. The van der Waals surface area contributed by atoms with Crippen molar-refractivity contribution in [1.29, 1.82) is 0 Å². The second kappa shape index (κ2) is 4.33. The molecule has 3 nitrogen and oxygen atoms in total. The summed E-state index contributed by atoms with van der Waals surface area (Å²) in [5, 5.41) is 9.24. The van der Waals surface area contributed by atoms with Crippen molar-refractivity contribution in [2.45, 2.75) is 31.6 Å². The molecule has 1 N–H and O–H groups in total. The van der Waals surface area contributed by atoms with Crippen LogP contribution in [0.2, 0.25) is 0 Å². The van der Waals surface area contributed by atoms with Crippen LogP contribution in [0.4, 0.5) is 0 Å². The first kappa shape index (κ1) is 10.9. The number of aliphatic hydroxyl groups is 1. The van der Waals surface area contributed by atoms with E-state index < -0.39 is 0 Å². The summed E-state index contributed by atoms with van der Waals surface area (Å²) in [4.78, 5) is 13.3. The topological polar surface area (TPSA) is 40.5 Å². The molecule has 0 aromatic heterocycles. The third-order valence-corrected chi connectivity index (χ3v) is 3.14. The van der Waals surface area contributed by atoms with Gasteiger partial charge in [-0.2, -0.15) is 12.6 Å². The lowest BCUT2D eigenvalue weighted by molar-refractivity contribution is -0.130. The van der Waals surface area contributed by atoms with Gasteiger partial charge < -0.3 is 10.0 Å². The van der Waals surface area contributed by atoms with Crippen molar-refractivity contribution in [3.8, 4) is 0 Å². The number of β-amino-alcohol motifs (C(OH)–C–C–N with tert-alkyl or cyclic N) is 1. The van der Waals surface area contributed by atoms with Crippen molar-refractivity contribution in [3.63, 3.8) is 0 Å². The summed E-state index contributed by atoms with van der Waals surface area (Å²) in [6, 6.07) is 0. The molecular formula is C9H17NO2S. The van der Waals surface area contributed by atoms with Crippen molar-refractivity contribution in [2.24, 2.45) is 5.92 Å². The SMILES string of the molecule is CCC(S)C(=O)N1CC(C)C(O)C1.